The van der Waals surface area contributed by atoms with Crippen LogP contribution in [0, 0.1) is 0 Å². The lowest BCUT2D eigenvalue weighted by Gasteiger charge is -2.22. The molecule has 0 aliphatic heterocycles. The zero-order valence-corrected chi connectivity index (χ0v) is 11.6. The molecule has 1 aromatic rings. The van der Waals surface area contributed by atoms with Crippen molar-refractivity contribution in [2.24, 2.45) is 0 Å². The van der Waals surface area contributed by atoms with E-state index in [1.165, 1.54) is 0 Å². The lowest BCUT2D eigenvalue weighted by Crippen LogP contribution is -2.26. The maximum Gasteiger partial charge on any atom is 0.252 e. The Balaban J connectivity index is 2.61. The minimum absolute atomic E-state index is 0.0775. The summed E-state index contributed by atoms with van der Waals surface area (Å²) >= 11 is 4.28. The molecule has 2 nitrogen and oxygen atoms in total. The van der Waals surface area contributed by atoms with Crippen LogP contribution in [0.5, 0.6) is 0 Å². The van der Waals surface area contributed by atoms with Crippen molar-refractivity contribution < 1.29 is 17.2 Å². The van der Waals surface area contributed by atoms with Crippen molar-refractivity contribution in [1.29, 1.82) is 0 Å². The van der Waals surface area contributed by atoms with Crippen molar-refractivity contribution in [3.63, 3.8) is 0 Å². The SMILES string of the molecule is CS(=O)(=O)c1sc(Br)c2c1CC(F)(F)CC2. The Labute approximate surface area is 105 Å². The highest BCUT2D eigenvalue weighted by atomic mass is 79.9. The van der Waals surface area contributed by atoms with Crippen LogP contribution in [0.15, 0.2) is 8.00 Å². The second-order valence-electron chi connectivity index (χ2n) is 3.93. The van der Waals surface area contributed by atoms with Crippen molar-refractivity contribution in [3.8, 4) is 0 Å². The van der Waals surface area contributed by atoms with Crippen molar-refractivity contribution >= 4 is 37.1 Å². The quantitative estimate of drug-likeness (QED) is 0.793. The van der Waals surface area contributed by atoms with E-state index in [0.717, 1.165) is 23.2 Å². The first kappa shape index (κ1) is 12.4. The molecule has 1 aliphatic carbocycles. The predicted octanol–water partition coefficient (Wildman–Crippen LogP) is 3.04. The Morgan fingerprint density at radius 3 is 2.56 bits per heavy atom. The van der Waals surface area contributed by atoms with E-state index in [-0.39, 0.29) is 17.1 Å². The molecule has 90 valence electrons. The average molecular weight is 331 g/mol. The van der Waals surface area contributed by atoms with Crippen molar-refractivity contribution in [1.82, 2.24) is 0 Å². The molecule has 2 rings (SSSR count). The lowest BCUT2D eigenvalue weighted by molar-refractivity contribution is -0.0127. The van der Waals surface area contributed by atoms with Crippen molar-refractivity contribution in [2.45, 2.75) is 29.4 Å². The van der Waals surface area contributed by atoms with Gasteiger partial charge in [-0.05, 0) is 33.5 Å². The second kappa shape index (κ2) is 3.74. The third kappa shape index (κ3) is 2.17. The number of hydrogen-bond donors (Lipinski definition) is 0. The first-order chi connectivity index (χ1) is 7.21. The van der Waals surface area contributed by atoms with Crippen LogP contribution in [-0.2, 0) is 22.7 Å². The summed E-state index contributed by atoms with van der Waals surface area (Å²) < 4.78 is 50.2. The fraction of sp³-hybridized carbons (Fsp3) is 0.556. The fourth-order valence-corrected chi connectivity index (χ4v) is 5.40. The molecule has 0 N–H and O–H groups in total. The van der Waals surface area contributed by atoms with Crippen molar-refractivity contribution in [2.75, 3.05) is 6.26 Å². The van der Waals surface area contributed by atoms with Crippen LogP contribution in [0.1, 0.15) is 17.5 Å². The summed E-state index contributed by atoms with van der Waals surface area (Å²) in [4.78, 5) is 0. The van der Waals surface area contributed by atoms with Gasteiger partial charge in [0.2, 0.25) is 0 Å². The van der Waals surface area contributed by atoms with E-state index in [1.807, 2.05) is 0 Å². The largest absolute Gasteiger partial charge is 0.252 e. The molecule has 0 saturated heterocycles. The van der Waals surface area contributed by atoms with Crippen LogP contribution in [0.4, 0.5) is 8.78 Å². The molecule has 1 aromatic heterocycles. The van der Waals surface area contributed by atoms with E-state index in [2.05, 4.69) is 15.9 Å². The Morgan fingerprint density at radius 2 is 2.00 bits per heavy atom. The highest BCUT2D eigenvalue weighted by Crippen LogP contribution is 2.44. The number of alkyl halides is 2. The molecule has 0 unspecified atom stereocenters. The zero-order chi connectivity index (χ0) is 12.1. The third-order valence-corrected chi connectivity index (χ3v) is 6.44. The molecule has 7 heteroatoms. The Morgan fingerprint density at radius 1 is 1.38 bits per heavy atom. The number of halogens is 3. The minimum Gasteiger partial charge on any atom is -0.223 e. The van der Waals surface area contributed by atoms with E-state index >= 15 is 0 Å². The van der Waals surface area contributed by atoms with Gasteiger partial charge in [0.05, 0.1) is 3.79 Å². The molecule has 16 heavy (non-hydrogen) atoms. The Hall–Kier alpha value is -0.0100. The summed E-state index contributed by atoms with van der Waals surface area (Å²) in [5, 5.41) is 0. The number of hydrogen-bond acceptors (Lipinski definition) is 3. The maximum atomic E-state index is 13.3. The van der Waals surface area contributed by atoms with E-state index in [9.17, 15) is 17.2 Å². The number of fused-ring (bicyclic) bond motifs is 1. The minimum atomic E-state index is -3.42. The average Bonchev–Trinajstić information content (AvgIpc) is 2.40. The predicted molar refractivity (Wildman–Crippen MR) is 62.1 cm³/mol. The highest BCUT2D eigenvalue weighted by molar-refractivity contribution is 9.11. The Kier molecular flexibility index (Phi) is 2.91. The molecule has 0 bridgehead atoms. The Bertz CT molecular complexity index is 534. The smallest absolute Gasteiger partial charge is 0.223 e. The molecule has 1 heterocycles. The summed E-state index contributed by atoms with van der Waals surface area (Å²) in [5.74, 6) is -2.78. The van der Waals surface area contributed by atoms with Crippen LogP contribution in [0.25, 0.3) is 0 Å². The van der Waals surface area contributed by atoms with Crippen LogP contribution >= 0.6 is 27.3 Å². The molecule has 0 radical (unpaired) electrons. The van der Waals surface area contributed by atoms with E-state index in [0.29, 0.717) is 9.35 Å². The lowest BCUT2D eigenvalue weighted by atomic mass is 9.93. The van der Waals surface area contributed by atoms with Crippen molar-refractivity contribution in [3.05, 3.63) is 14.9 Å². The van der Waals surface area contributed by atoms with Gasteiger partial charge in [-0.1, -0.05) is 0 Å². The molecule has 0 spiro atoms. The molecule has 0 aromatic carbocycles. The first-order valence-electron chi connectivity index (χ1n) is 4.59. The summed E-state index contributed by atoms with van der Waals surface area (Å²) in [6.45, 7) is 0. The zero-order valence-electron chi connectivity index (χ0n) is 8.39. The molecule has 0 atom stereocenters. The van der Waals surface area contributed by atoms with Gasteiger partial charge >= 0.3 is 0 Å². The first-order valence-corrected chi connectivity index (χ1v) is 8.09. The molecule has 1 aliphatic rings. The van der Waals surface area contributed by atoms with Gasteiger partial charge in [0.15, 0.2) is 9.84 Å². The second-order valence-corrected chi connectivity index (χ2v) is 8.47. The maximum absolute atomic E-state index is 13.3. The summed E-state index contributed by atoms with van der Waals surface area (Å²) in [6.07, 6.45) is 0.610. The molecular formula is C9H9BrF2O2S2. The van der Waals surface area contributed by atoms with Gasteiger partial charge in [0.1, 0.15) is 4.21 Å². The summed E-state index contributed by atoms with van der Waals surface area (Å²) in [7, 11) is -3.42. The summed E-state index contributed by atoms with van der Waals surface area (Å²) in [5.41, 5.74) is 1.03. The number of sulfone groups is 1. The molecule has 0 amide bonds. The van der Waals surface area contributed by atoms with Crippen LogP contribution in [0.2, 0.25) is 0 Å². The van der Waals surface area contributed by atoms with E-state index in [4.69, 9.17) is 0 Å². The fourth-order valence-electron chi connectivity index (χ4n) is 1.83. The molecule has 0 fully saturated rings. The van der Waals surface area contributed by atoms with Gasteiger partial charge in [-0.2, -0.15) is 0 Å². The monoisotopic (exact) mass is 330 g/mol. The van der Waals surface area contributed by atoms with Gasteiger partial charge in [-0.15, -0.1) is 11.3 Å². The molecule has 0 saturated carbocycles. The van der Waals surface area contributed by atoms with Crippen LogP contribution in [-0.4, -0.2) is 20.6 Å². The third-order valence-electron chi connectivity index (χ3n) is 2.54. The standard InChI is InChI=1S/C9H9BrF2O2S2/c1-16(13,14)8-6-4-9(11,12)3-2-5(6)7(10)15-8/h2-4H2,1H3. The topological polar surface area (TPSA) is 34.1 Å². The normalized spacial score (nSPS) is 19.5. The van der Waals surface area contributed by atoms with Gasteiger partial charge < -0.3 is 0 Å². The van der Waals surface area contributed by atoms with Crippen LogP contribution in [0.3, 0.4) is 0 Å². The van der Waals surface area contributed by atoms with Gasteiger partial charge in [-0.25, -0.2) is 17.2 Å². The number of rotatable bonds is 1. The summed E-state index contributed by atoms with van der Waals surface area (Å²) in [6, 6.07) is 0. The van der Waals surface area contributed by atoms with E-state index in [1.54, 1.807) is 0 Å². The van der Waals surface area contributed by atoms with Gasteiger partial charge in [0, 0.05) is 19.1 Å². The van der Waals surface area contributed by atoms with E-state index < -0.39 is 22.2 Å². The number of thiophene rings is 1. The highest BCUT2D eigenvalue weighted by Gasteiger charge is 2.38. The van der Waals surface area contributed by atoms with Gasteiger partial charge in [0.25, 0.3) is 5.92 Å². The van der Waals surface area contributed by atoms with Gasteiger partial charge in [-0.3, -0.25) is 0 Å². The van der Waals surface area contributed by atoms with Crippen LogP contribution < -0.4 is 0 Å². The molecular weight excluding hydrogens is 322 g/mol.